The molecule has 0 spiro atoms. The molecule has 17 heavy (non-hydrogen) atoms. The molecular formula is C15H21NO. The molecule has 1 heterocycles. The smallest absolute Gasteiger partial charge is 0.0943 e. The molecule has 1 aliphatic carbocycles. The van der Waals surface area contributed by atoms with E-state index in [1.54, 1.807) is 0 Å². The van der Waals surface area contributed by atoms with Crippen molar-refractivity contribution >= 4 is 0 Å². The van der Waals surface area contributed by atoms with Gasteiger partial charge in [-0.3, -0.25) is 0 Å². The number of aryl methyl sites for hydroxylation is 2. The second-order valence-electron chi connectivity index (χ2n) is 5.38. The van der Waals surface area contributed by atoms with Gasteiger partial charge >= 0.3 is 0 Å². The van der Waals surface area contributed by atoms with Gasteiger partial charge in [-0.25, -0.2) is 0 Å². The van der Waals surface area contributed by atoms with Crippen LogP contribution >= 0.6 is 0 Å². The number of hydrogen-bond donors (Lipinski definition) is 2. The van der Waals surface area contributed by atoms with Gasteiger partial charge in [-0.05, 0) is 55.3 Å². The van der Waals surface area contributed by atoms with Crippen LogP contribution in [0.2, 0.25) is 0 Å². The highest BCUT2D eigenvalue weighted by molar-refractivity contribution is 5.36. The summed E-state index contributed by atoms with van der Waals surface area (Å²) in [5.41, 5.74) is 4.04. The Morgan fingerprint density at radius 1 is 1.12 bits per heavy atom. The number of fused-ring (bicyclic) bond motifs is 1. The van der Waals surface area contributed by atoms with E-state index in [1.165, 1.54) is 43.2 Å². The molecule has 2 unspecified atom stereocenters. The van der Waals surface area contributed by atoms with E-state index in [0.717, 1.165) is 18.5 Å². The summed E-state index contributed by atoms with van der Waals surface area (Å²) in [6, 6.07) is 6.81. The summed E-state index contributed by atoms with van der Waals surface area (Å²) in [4.78, 5) is 0. The normalized spacial score (nSPS) is 25.6. The second kappa shape index (κ2) is 4.79. The van der Waals surface area contributed by atoms with Crippen molar-refractivity contribution in [3.63, 3.8) is 0 Å². The molecule has 0 bridgehead atoms. The third-order valence-corrected chi connectivity index (χ3v) is 4.19. The van der Waals surface area contributed by atoms with Crippen LogP contribution in [0.5, 0.6) is 0 Å². The highest BCUT2D eigenvalue weighted by atomic mass is 16.3. The molecule has 92 valence electrons. The molecule has 1 fully saturated rings. The van der Waals surface area contributed by atoms with Gasteiger partial charge in [0.25, 0.3) is 0 Å². The zero-order valence-corrected chi connectivity index (χ0v) is 10.3. The maximum Gasteiger partial charge on any atom is 0.0943 e. The Labute approximate surface area is 103 Å². The van der Waals surface area contributed by atoms with Crippen molar-refractivity contribution in [1.29, 1.82) is 0 Å². The van der Waals surface area contributed by atoms with E-state index < -0.39 is 0 Å². The highest BCUT2D eigenvalue weighted by Gasteiger charge is 2.23. The van der Waals surface area contributed by atoms with Gasteiger partial charge in [0, 0.05) is 6.04 Å². The van der Waals surface area contributed by atoms with E-state index in [9.17, 15) is 5.11 Å². The molecule has 2 nitrogen and oxygen atoms in total. The van der Waals surface area contributed by atoms with Crippen LogP contribution in [0.15, 0.2) is 18.2 Å². The van der Waals surface area contributed by atoms with Crippen LogP contribution in [0, 0.1) is 0 Å². The van der Waals surface area contributed by atoms with Crippen LogP contribution in [0.1, 0.15) is 48.5 Å². The van der Waals surface area contributed by atoms with Gasteiger partial charge < -0.3 is 10.4 Å². The molecule has 2 aliphatic rings. The summed E-state index contributed by atoms with van der Waals surface area (Å²) >= 11 is 0. The van der Waals surface area contributed by atoms with Crippen molar-refractivity contribution < 1.29 is 5.11 Å². The van der Waals surface area contributed by atoms with E-state index in [1.807, 2.05) is 0 Å². The van der Waals surface area contributed by atoms with Crippen LogP contribution in [0.4, 0.5) is 0 Å². The van der Waals surface area contributed by atoms with Crippen molar-refractivity contribution in [3.8, 4) is 0 Å². The Morgan fingerprint density at radius 2 is 2.00 bits per heavy atom. The van der Waals surface area contributed by atoms with Crippen molar-refractivity contribution in [2.45, 2.75) is 50.7 Å². The van der Waals surface area contributed by atoms with Crippen molar-refractivity contribution in [3.05, 3.63) is 34.9 Å². The van der Waals surface area contributed by atoms with Gasteiger partial charge in [0.15, 0.2) is 0 Å². The molecule has 2 heteroatoms. The number of piperidine rings is 1. The Morgan fingerprint density at radius 3 is 2.82 bits per heavy atom. The third-order valence-electron chi connectivity index (χ3n) is 4.19. The van der Waals surface area contributed by atoms with Crippen LogP contribution in [0.3, 0.4) is 0 Å². The summed E-state index contributed by atoms with van der Waals surface area (Å²) in [7, 11) is 0. The zero-order valence-electron chi connectivity index (χ0n) is 10.3. The fourth-order valence-corrected chi connectivity index (χ4v) is 3.16. The number of nitrogens with one attached hydrogen (secondary N) is 1. The van der Waals surface area contributed by atoms with Crippen LogP contribution in [0.25, 0.3) is 0 Å². The Hall–Kier alpha value is -0.860. The van der Waals surface area contributed by atoms with Gasteiger partial charge in [0.1, 0.15) is 0 Å². The van der Waals surface area contributed by atoms with Gasteiger partial charge in [-0.2, -0.15) is 0 Å². The lowest BCUT2D eigenvalue weighted by Crippen LogP contribution is -2.38. The van der Waals surface area contributed by atoms with Crippen LogP contribution in [-0.2, 0) is 12.8 Å². The maximum absolute atomic E-state index is 10.4. The van der Waals surface area contributed by atoms with Crippen molar-refractivity contribution in [1.82, 2.24) is 5.32 Å². The molecule has 1 aliphatic heterocycles. The van der Waals surface area contributed by atoms with Gasteiger partial charge in [-0.1, -0.05) is 24.6 Å². The number of benzene rings is 1. The Bertz CT molecular complexity index is 396. The first kappa shape index (κ1) is 11.2. The fourth-order valence-electron chi connectivity index (χ4n) is 3.16. The Kier molecular flexibility index (Phi) is 3.17. The fraction of sp³-hybridized carbons (Fsp3) is 0.600. The molecule has 0 aromatic heterocycles. The molecule has 1 aromatic carbocycles. The molecule has 0 saturated carbocycles. The number of aliphatic hydroxyl groups excluding tert-OH is 1. The molecule has 3 rings (SSSR count). The molecule has 1 aromatic rings. The first-order valence-electron chi connectivity index (χ1n) is 6.88. The van der Waals surface area contributed by atoms with E-state index in [4.69, 9.17) is 0 Å². The van der Waals surface area contributed by atoms with Crippen LogP contribution < -0.4 is 5.32 Å². The molecule has 2 N–H and O–H groups in total. The topological polar surface area (TPSA) is 32.3 Å². The highest BCUT2D eigenvalue weighted by Crippen LogP contribution is 2.28. The van der Waals surface area contributed by atoms with E-state index in [0.29, 0.717) is 0 Å². The van der Waals surface area contributed by atoms with Crippen molar-refractivity contribution in [2.24, 2.45) is 0 Å². The minimum absolute atomic E-state index is 0.253. The second-order valence-corrected chi connectivity index (χ2v) is 5.38. The van der Waals surface area contributed by atoms with E-state index in [-0.39, 0.29) is 12.1 Å². The lowest BCUT2D eigenvalue weighted by Gasteiger charge is -2.28. The number of aliphatic hydroxyl groups is 1. The Balaban J connectivity index is 1.78. The maximum atomic E-state index is 10.4. The molecule has 1 saturated heterocycles. The molecular weight excluding hydrogens is 210 g/mol. The third kappa shape index (κ3) is 2.24. The lowest BCUT2D eigenvalue weighted by molar-refractivity contribution is 0.114. The quantitative estimate of drug-likeness (QED) is 0.819. The largest absolute Gasteiger partial charge is 0.387 e. The lowest BCUT2D eigenvalue weighted by atomic mass is 9.93. The molecule has 0 amide bonds. The first-order chi connectivity index (χ1) is 8.34. The standard InChI is InChI=1S/C15H21NO/c17-15(14-6-1-2-9-16-14)13-8-7-11-4-3-5-12(11)10-13/h7-8,10,14-17H,1-6,9H2. The van der Waals surface area contributed by atoms with Crippen molar-refractivity contribution in [2.75, 3.05) is 6.54 Å². The SMILES string of the molecule is OC(c1ccc2c(c1)CCC2)C1CCCCN1. The minimum Gasteiger partial charge on any atom is -0.387 e. The minimum atomic E-state index is -0.332. The number of rotatable bonds is 2. The van der Waals surface area contributed by atoms with E-state index >= 15 is 0 Å². The van der Waals surface area contributed by atoms with E-state index in [2.05, 4.69) is 23.5 Å². The molecule has 2 atom stereocenters. The van der Waals surface area contributed by atoms with Gasteiger partial charge in [0.2, 0.25) is 0 Å². The average molecular weight is 231 g/mol. The predicted molar refractivity (Wildman–Crippen MR) is 69.1 cm³/mol. The summed E-state index contributed by atoms with van der Waals surface area (Å²) in [5, 5.41) is 13.8. The summed E-state index contributed by atoms with van der Waals surface area (Å²) in [6.07, 6.45) is 6.92. The molecule has 0 radical (unpaired) electrons. The predicted octanol–water partition coefficient (Wildman–Crippen LogP) is 2.35. The van der Waals surface area contributed by atoms with Gasteiger partial charge in [0.05, 0.1) is 6.10 Å². The zero-order chi connectivity index (χ0) is 11.7. The van der Waals surface area contributed by atoms with Gasteiger partial charge in [-0.15, -0.1) is 0 Å². The summed E-state index contributed by atoms with van der Waals surface area (Å²) in [6.45, 7) is 1.05. The summed E-state index contributed by atoms with van der Waals surface area (Å²) < 4.78 is 0. The first-order valence-corrected chi connectivity index (χ1v) is 6.88. The monoisotopic (exact) mass is 231 g/mol. The summed E-state index contributed by atoms with van der Waals surface area (Å²) in [5.74, 6) is 0. The average Bonchev–Trinajstić information content (AvgIpc) is 2.86. The number of hydrogen-bond acceptors (Lipinski definition) is 2. The van der Waals surface area contributed by atoms with Crippen LogP contribution in [-0.4, -0.2) is 17.7 Å².